The predicted molar refractivity (Wildman–Crippen MR) is 137 cm³/mol. The summed E-state index contributed by atoms with van der Waals surface area (Å²) >= 11 is 6.25. The second kappa shape index (κ2) is 10.7. The lowest BCUT2D eigenvalue weighted by Gasteiger charge is -2.13. The van der Waals surface area contributed by atoms with Crippen LogP contribution in [0.25, 0.3) is 0 Å². The molecule has 0 aliphatic heterocycles. The van der Waals surface area contributed by atoms with Gasteiger partial charge in [0.15, 0.2) is 15.7 Å². The number of hydrogen-bond donors (Lipinski definition) is 3. The van der Waals surface area contributed by atoms with Crippen LogP contribution in [-0.4, -0.2) is 31.3 Å². The lowest BCUT2D eigenvalue weighted by atomic mass is 10.1. The average molecular weight is 529 g/mol. The van der Waals surface area contributed by atoms with Crippen molar-refractivity contribution in [1.82, 2.24) is 15.3 Å². The molecular weight excluding hydrogens is 505 g/mol. The number of anilines is 4. The maximum Gasteiger partial charge on any atom is 0.253 e. The number of sulfone groups is 1. The SMILES string of the molecule is [2H]C([2H])([2H])NC(=O)c1ccccc1Nc1nc(Nc2ccc(CS(=O)(=O)c3ccc(F)cc3)cc2)ncc1Cl. The van der Waals surface area contributed by atoms with Gasteiger partial charge in [-0.1, -0.05) is 35.9 Å². The number of rotatable bonds is 8. The van der Waals surface area contributed by atoms with E-state index >= 15 is 0 Å². The molecule has 184 valence electrons. The van der Waals surface area contributed by atoms with E-state index in [9.17, 15) is 17.6 Å². The molecule has 11 heteroatoms. The largest absolute Gasteiger partial charge is 0.355 e. The van der Waals surface area contributed by atoms with Gasteiger partial charge in [-0.05, 0) is 54.1 Å². The fraction of sp³-hybridized carbons (Fsp3) is 0.0800. The second-order valence-electron chi connectivity index (χ2n) is 7.55. The smallest absolute Gasteiger partial charge is 0.253 e. The standard InChI is InChI=1S/C25H21ClFN5O3S/c1-28-24(33)20-4-2-3-5-22(20)31-23-21(26)14-29-25(32-23)30-18-10-6-16(7-11-18)15-36(34,35)19-12-8-17(27)9-13-19/h2-14H,15H2,1H3,(H,28,33)(H2,29,30,31,32)/i1D3. The van der Waals surface area contributed by atoms with Crippen LogP contribution in [0.15, 0.2) is 83.9 Å². The lowest BCUT2D eigenvalue weighted by molar-refractivity contribution is 0.0964. The van der Waals surface area contributed by atoms with Gasteiger partial charge < -0.3 is 16.0 Å². The first-order valence-corrected chi connectivity index (χ1v) is 12.5. The Morgan fingerprint density at radius 1 is 1.03 bits per heavy atom. The molecule has 0 saturated carbocycles. The van der Waals surface area contributed by atoms with Crippen LogP contribution in [-0.2, 0) is 15.6 Å². The number of para-hydroxylation sites is 1. The summed E-state index contributed by atoms with van der Waals surface area (Å²) in [4.78, 5) is 20.9. The summed E-state index contributed by atoms with van der Waals surface area (Å²) in [7, 11) is -3.66. The summed E-state index contributed by atoms with van der Waals surface area (Å²) in [5, 5.41) is 8.00. The number of nitrogens with one attached hydrogen (secondary N) is 3. The van der Waals surface area contributed by atoms with E-state index in [1.807, 2.05) is 5.32 Å². The molecule has 0 unspecified atom stereocenters. The minimum absolute atomic E-state index is 0.0261. The van der Waals surface area contributed by atoms with E-state index in [1.165, 1.54) is 24.4 Å². The fourth-order valence-electron chi connectivity index (χ4n) is 3.26. The van der Waals surface area contributed by atoms with E-state index in [1.54, 1.807) is 42.5 Å². The molecule has 0 aliphatic rings. The molecule has 0 saturated heterocycles. The first-order valence-electron chi connectivity index (χ1n) is 11.9. The maximum absolute atomic E-state index is 13.1. The zero-order valence-corrected chi connectivity index (χ0v) is 20.1. The zero-order chi connectivity index (χ0) is 28.2. The highest BCUT2D eigenvalue weighted by molar-refractivity contribution is 7.90. The molecule has 1 heterocycles. The number of carbonyl (C=O) groups excluding carboxylic acids is 1. The minimum Gasteiger partial charge on any atom is -0.355 e. The maximum atomic E-state index is 13.1. The summed E-state index contributed by atoms with van der Waals surface area (Å²) in [6, 6.07) is 17.4. The van der Waals surface area contributed by atoms with E-state index in [0.717, 1.165) is 12.1 Å². The number of amides is 1. The normalized spacial score (nSPS) is 12.7. The number of aromatic nitrogens is 2. The van der Waals surface area contributed by atoms with E-state index < -0.39 is 28.5 Å². The first-order chi connectivity index (χ1) is 18.4. The molecule has 0 aliphatic carbocycles. The van der Waals surface area contributed by atoms with Crippen molar-refractivity contribution < 1.29 is 21.7 Å². The van der Waals surface area contributed by atoms with Crippen molar-refractivity contribution in [1.29, 1.82) is 0 Å². The molecule has 0 radical (unpaired) electrons. The third-order valence-electron chi connectivity index (χ3n) is 5.02. The molecule has 36 heavy (non-hydrogen) atoms. The predicted octanol–water partition coefficient (Wildman–Crippen LogP) is 5.09. The van der Waals surface area contributed by atoms with Crippen molar-refractivity contribution in [3.8, 4) is 0 Å². The third-order valence-corrected chi connectivity index (χ3v) is 7.00. The number of benzene rings is 3. The zero-order valence-electron chi connectivity index (χ0n) is 21.5. The Labute approximate surface area is 216 Å². The lowest BCUT2D eigenvalue weighted by Crippen LogP contribution is -2.19. The van der Waals surface area contributed by atoms with Gasteiger partial charge in [0, 0.05) is 16.8 Å². The van der Waals surface area contributed by atoms with Crippen molar-refractivity contribution in [3.05, 3.63) is 101 Å². The number of nitrogens with zero attached hydrogens (tertiary/aromatic N) is 2. The van der Waals surface area contributed by atoms with Gasteiger partial charge >= 0.3 is 0 Å². The molecule has 4 aromatic rings. The Balaban J connectivity index is 1.48. The Hall–Kier alpha value is -4.02. The van der Waals surface area contributed by atoms with Crippen LogP contribution in [0.2, 0.25) is 5.02 Å². The van der Waals surface area contributed by atoms with Crippen molar-refractivity contribution >= 4 is 50.5 Å². The number of carbonyl (C=O) groups is 1. The van der Waals surface area contributed by atoms with Crippen molar-refractivity contribution in [3.63, 3.8) is 0 Å². The molecule has 0 bridgehead atoms. The van der Waals surface area contributed by atoms with Crippen LogP contribution in [0.3, 0.4) is 0 Å². The Morgan fingerprint density at radius 2 is 1.75 bits per heavy atom. The van der Waals surface area contributed by atoms with Gasteiger partial charge in [-0.2, -0.15) is 4.98 Å². The summed E-state index contributed by atoms with van der Waals surface area (Å²) < 4.78 is 60.1. The van der Waals surface area contributed by atoms with Gasteiger partial charge in [-0.15, -0.1) is 0 Å². The van der Waals surface area contributed by atoms with Crippen molar-refractivity contribution in [2.75, 3.05) is 17.6 Å². The van der Waals surface area contributed by atoms with Gasteiger partial charge in [-0.25, -0.2) is 17.8 Å². The van der Waals surface area contributed by atoms with Crippen LogP contribution in [0, 0.1) is 5.82 Å². The highest BCUT2D eigenvalue weighted by Crippen LogP contribution is 2.27. The quantitative estimate of drug-likeness (QED) is 0.273. The monoisotopic (exact) mass is 528 g/mol. The molecule has 8 nitrogen and oxygen atoms in total. The van der Waals surface area contributed by atoms with Crippen LogP contribution in [0.4, 0.5) is 27.5 Å². The van der Waals surface area contributed by atoms with Gasteiger partial charge in [0.1, 0.15) is 10.8 Å². The van der Waals surface area contributed by atoms with Gasteiger partial charge in [-0.3, -0.25) is 4.79 Å². The Kier molecular flexibility index (Phi) is 6.33. The van der Waals surface area contributed by atoms with Crippen molar-refractivity contribution in [2.24, 2.45) is 0 Å². The molecule has 0 atom stereocenters. The van der Waals surface area contributed by atoms with Gasteiger partial charge in [0.05, 0.1) is 28.1 Å². The third kappa shape index (κ3) is 5.96. The van der Waals surface area contributed by atoms with Crippen LogP contribution in [0.1, 0.15) is 20.0 Å². The highest BCUT2D eigenvalue weighted by atomic mass is 35.5. The molecule has 3 N–H and O–H groups in total. The number of hydrogen-bond acceptors (Lipinski definition) is 7. The summed E-state index contributed by atoms with van der Waals surface area (Å²) in [6.07, 6.45) is 1.34. The topological polar surface area (TPSA) is 113 Å². The molecule has 0 fully saturated rings. The Bertz CT molecular complexity index is 1600. The molecule has 3 aromatic carbocycles. The summed E-state index contributed by atoms with van der Waals surface area (Å²) in [5.74, 6) is -1.28. The van der Waals surface area contributed by atoms with Crippen LogP contribution < -0.4 is 16.0 Å². The molecule has 1 aromatic heterocycles. The molecule has 1 amide bonds. The molecule has 4 rings (SSSR count). The summed E-state index contributed by atoms with van der Waals surface area (Å²) in [5.41, 5.74) is 1.43. The van der Waals surface area contributed by atoms with Crippen LogP contribution >= 0.6 is 11.6 Å². The van der Waals surface area contributed by atoms with E-state index in [0.29, 0.717) is 11.3 Å². The van der Waals surface area contributed by atoms with E-state index in [-0.39, 0.29) is 38.7 Å². The van der Waals surface area contributed by atoms with Crippen molar-refractivity contribution in [2.45, 2.75) is 10.6 Å². The van der Waals surface area contributed by atoms with Gasteiger partial charge in [0.25, 0.3) is 5.91 Å². The van der Waals surface area contributed by atoms with E-state index in [4.69, 9.17) is 15.7 Å². The highest BCUT2D eigenvalue weighted by Gasteiger charge is 2.16. The minimum atomic E-state index is -3.66. The Morgan fingerprint density at radius 3 is 2.47 bits per heavy atom. The summed E-state index contributed by atoms with van der Waals surface area (Å²) in [6.45, 7) is -2.66. The second-order valence-corrected chi connectivity index (χ2v) is 9.95. The molecular formula is C25H21ClFN5O3S. The fourth-order valence-corrected chi connectivity index (χ4v) is 4.75. The molecule has 0 spiro atoms. The van der Waals surface area contributed by atoms with E-state index in [2.05, 4.69) is 20.6 Å². The first kappa shape index (κ1) is 21.3. The van der Waals surface area contributed by atoms with Crippen LogP contribution in [0.5, 0.6) is 0 Å². The average Bonchev–Trinajstić information content (AvgIpc) is 2.86. The van der Waals surface area contributed by atoms with Gasteiger partial charge in [0.2, 0.25) is 5.95 Å². The number of halogens is 2.